The first-order valence-corrected chi connectivity index (χ1v) is 4.29. The molecule has 2 N–H and O–H groups in total. The molecule has 0 radical (unpaired) electrons. The van der Waals surface area contributed by atoms with Crippen LogP contribution in [-0.2, 0) is 0 Å². The van der Waals surface area contributed by atoms with E-state index in [2.05, 4.69) is 9.97 Å². The minimum atomic E-state index is 0.228. The van der Waals surface area contributed by atoms with Gasteiger partial charge in [0.05, 0.1) is 15.6 Å². The summed E-state index contributed by atoms with van der Waals surface area (Å²) in [6.07, 6.45) is 1.61. The number of fused-ring (bicyclic) bond motifs is 1. The van der Waals surface area contributed by atoms with Gasteiger partial charge in [-0.3, -0.25) is 0 Å². The molecule has 1 heterocycles. The molecule has 0 aliphatic heterocycles. The second kappa shape index (κ2) is 3.01. The fourth-order valence-corrected chi connectivity index (χ4v) is 1.37. The summed E-state index contributed by atoms with van der Waals surface area (Å²) in [4.78, 5) is 7.84. The molecule has 0 spiro atoms. The van der Waals surface area contributed by atoms with Crippen LogP contribution in [0, 0.1) is 0 Å². The van der Waals surface area contributed by atoms with Gasteiger partial charge in [-0.05, 0) is 12.1 Å². The number of nitrogen functional groups attached to an aromatic ring is 1. The number of nitrogens with two attached hydrogens (primary N) is 1. The molecule has 0 aliphatic carbocycles. The number of benzene rings is 1. The van der Waals surface area contributed by atoms with E-state index in [1.807, 2.05) is 0 Å². The molecule has 1 aromatic carbocycles. The number of halogens is 2. The Morgan fingerprint density at radius 2 is 1.85 bits per heavy atom. The number of nitrogens with zero attached hydrogens (tertiary/aromatic N) is 2. The summed E-state index contributed by atoms with van der Waals surface area (Å²) in [5.74, 6) is 0.228. The Bertz CT molecular complexity index is 470. The molecule has 1 aromatic heterocycles. The van der Waals surface area contributed by atoms with E-state index in [9.17, 15) is 0 Å². The summed E-state index contributed by atoms with van der Waals surface area (Å²) >= 11 is 11.6. The molecule has 0 amide bonds. The van der Waals surface area contributed by atoms with Gasteiger partial charge in [-0.2, -0.15) is 0 Å². The topological polar surface area (TPSA) is 51.8 Å². The highest BCUT2D eigenvalue weighted by molar-refractivity contribution is 6.42. The van der Waals surface area contributed by atoms with E-state index in [1.54, 1.807) is 18.3 Å². The van der Waals surface area contributed by atoms with E-state index in [0.717, 1.165) is 5.39 Å². The van der Waals surface area contributed by atoms with Crippen molar-refractivity contribution in [2.45, 2.75) is 0 Å². The number of anilines is 1. The maximum atomic E-state index is 5.81. The van der Waals surface area contributed by atoms with Crippen LogP contribution in [0.2, 0.25) is 10.0 Å². The van der Waals surface area contributed by atoms with Crippen molar-refractivity contribution < 1.29 is 0 Å². The maximum Gasteiger partial charge on any atom is 0.220 e. The molecule has 2 aromatic rings. The molecule has 0 saturated carbocycles. The highest BCUT2D eigenvalue weighted by Gasteiger charge is 2.02. The van der Waals surface area contributed by atoms with Crippen LogP contribution < -0.4 is 5.73 Å². The first kappa shape index (κ1) is 8.53. The molecule has 2 rings (SSSR count). The first-order chi connectivity index (χ1) is 6.16. The van der Waals surface area contributed by atoms with Crippen LogP contribution in [0.15, 0.2) is 18.3 Å². The van der Waals surface area contributed by atoms with Crippen molar-refractivity contribution in [2.24, 2.45) is 0 Å². The Balaban J connectivity index is 2.81. The molecule has 5 heteroatoms. The smallest absolute Gasteiger partial charge is 0.220 e. The quantitative estimate of drug-likeness (QED) is 0.732. The molecule has 0 unspecified atom stereocenters. The summed E-state index contributed by atoms with van der Waals surface area (Å²) in [5, 5.41) is 1.78. The minimum absolute atomic E-state index is 0.228. The van der Waals surface area contributed by atoms with E-state index < -0.39 is 0 Å². The average Bonchev–Trinajstić information content (AvgIpc) is 2.08. The third kappa shape index (κ3) is 1.53. The van der Waals surface area contributed by atoms with Gasteiger partial charge in [0.1, 0.15) is 0 Å². The Labute approximate surface area is 84.5 Å². The lowest BCUT2D eigenvalue weighted by Gasteiger charge is -2.00. The van der Waals surface area contributed by atoms with Gasteiger partial charge in [0, 0.05) is 11.6 Å². The van der Waals surface area contributed by atoms with Crippen molar-refractivity contribution in [3.05, 3.63) is 28.4 Å². The minimum Gasteiger partial charge on any atom is -0.368 e. The predicted octanol–water partition coefficient (Wildman–Crippen LogP) is 2.52. The van der Waals surface area contributed by atoms with E-state index in [-0.39, 0.29) is 5.95 Å². The van der Waals surface area contributed by atoms with Crippen LogP contribution in [-0.4, -0.2) is 9.97 Å². The third-order valence-corrected chi connectivity index (χ3v) is 2.36. The van der Waals surface area contributed by atoms with E-state index in [0.29, 0.717) is 15.6 Å². The van der Waals surface area contributed by atoms with Gasteiger partial charge >= 0.3 is 0 Å². The van der Waals surface area contributed by atoms with Gasteiger partial charge in [-0.25, -0.2) is 9.97 Å². The fraction of sp³-hybridized carbons (Fsp3) is 0. The zero-order valence-electron chi connectivity index (χ0n) is 6.46. The van der Waals surface area contributed by atoms with Crippen molar-refractivity contribution in [1.82, 2.24) is 9.97 Å². The lowest BCUT2D eigenvalue weighted by Crippen LogP contribution is -1.93. The second-order valence-electron chi connectivity index (χ2n) is 2.55. The summed E-state index contributed by atoms with van der Waals surface area (Å²) in [6, 6.07) is 3.37. The highest BCUT2D eigenvalue weighted by atomic mass is 35.5. The van der Waals surface area contributed by atoms with Gasteiger partial charge in [0.2, 0.25) is 5.95 Å². The number of hydrogen-bond acceptors (Lipinski definition) is 3. The van der Waals surface area contributed by atoms with Crippen LogP contribution >= 0.6 is 23.2 Å². The molecule has 0 fully saturated rings. The van der Waals surface area contributed by atoms with E-state index >= 15 is 0 Å². The summed E-state index contributed by atoms with van der Waals surface area (Å²) in [7, 11) is 0. The summed E-state index contributed by atoms with van der Waals surface area (Å²) < 4.78 is 0. The lowest BCUT2D eigenvalue weighted by molar-refractivity contribution is 1.24. The Morgan fingerprint density at radius 1 is 1.15 bits per heavy atom. The molecule has 66 valence electrons. The molecular weight excluding hydrogens is 209 g/mol. The number of rotatable bonds is 0. The molecule has 3 nitrogen and oxygen atoms in total. The van der Waals surface area contributed by atoms with Gasteiger partial charge in [0.15, 0.2) is 0 Å². The van der Waals surface area contributed by atoms with Crippen LogP contribution in [0.25, 0.3) is 10.9 Å². The van der Waals surface area contributed by atoms with Gasteiger partial charge in [-0.15, -0.1) is 0 Å². The van der Waals surface area contributed by atoms with Crippen LogP contribution in [0.4, 0.5) is 5.95 Å². The zero-order valence-corrected chi connectivity index (χ0v) is 7.97. The maximum absolute atomic E-state index is 5.81. The van der Waals surface area contributed by atoms with Crippen molar-refractivity contribution in [1.29, 1.82) is 0 Å². The lowest BCUT2D eigenvalue weighted by atomic mass is 10.2. The predicted molar refractivity (Wildman–Crippen MR) is 54.0 cm³/mol. The Kier molecular flexibility index (Phi) is 1.98. The average molecular weight is 214 g/mol. The van der Waals surface area contributed by atoms with E-state index in [1.165, 1.54) is 0 Å². The van der Waals surface area contributed by atoms with Crippen LogP contribution in [0.5, 0.6) is 0 Å². The van der Waals surface area contributed by atoms with Crippen molar-refractivity contribution >= 4 is 40.1 Å². The Hall–Kier alpha value is -1.06. The van der Waals surface area contributed by atoms with Crippen molar-refractivity contribution in [2.75, 3.05) is 5.73 Å². The third-order valence-electron chi connectivity index (χ3n) is 1.64. The van der Waals surface area contributed by atoms with Gasteiger partial charge in [-0.1, -0.05) is 23.2 Å². The van der Waals surface area contributed by atoms with Gasteiger partial charge < -0.3 is 5.73 Å². The fourth-order valence-electron chi connectivity index (χ4n) is 1.04. The molecule has 13 heavy (non-hydrogen) atoms. The first-order valence-electron chi connectivity index (χ1n) is 3.54. The number of hydrogen-bond donors (Lipinski definition) is 1. The largest absolute Gasteiger partial charge is 0.368 e. The molecular formula is C8H5Cl2N3. The standard InChI is InChI=1S/C8H5Cl2N3/c9-5-1-4-3-12-8(11)13-7(4)2-6(5)10/h1-3H,(H2,11,12,13). The SMILES string of the molecule is Nc1ncc2cc(Cl)c(Cl)cc2n1. The summed E-state index contributed by atoms with van der Waals surface area (Å²) in [6.45, 7) is 0. The van der Waals surface area contributed by atoms with Crippen molar-refractivity contribution in [3.8, 4) is 0 Å². The van der Waals surface area contributed by atoms with Crippen LogP contribution in [0.1, 0.15) is 0 Å². The monoisotopic (exact) mass is 213 g/mol. The van der Waals surface area contributed by atoms with Gasteiger partial charge in [0.25, 0.3) is 0 Å². The van der Waals surface area contributed by atoms with Crippen molar-refractivity contribution in [3.63, 3.8) is 0 Å². The zero-order chi connectivity index (χ0) is 9.42. The molecule has 0 saturated heterocycles. The highest BCUT2D eigenvalue weighted by Crippen LogP contribution is 2.26. The normalized spacial score (nSPS) is 10.6. The molecule has 0 bridgehead atoms. The summed E-state index contributed by atoms with van der Waals surface area (Å²) in [5.41, 5.74) is 6.11. The molecule has 0 aliphatic rings. The van der Waals surface area contributed by atoms with E-state index in [4.69, 9.17) is 28.9 Å². The van der Waals surface area contributed by atoms with Crippen LogP contribution in [0.3, 0.4) is 0 Å². The molecule has 0 atom stereocenters. The Morgan fingerprint density at radius 3 is 2.62 bits per heavy atom. The number of aromatic nitrogens is 2. The second-order valence-corrected chi connectivity index (χ2v) is 3.37.